The number of hydrogen-bond donors (Lipinski definition) is 1. The van der Waals surface area contributed by atoms with Gasteiger partial charge in [0, 0.05) is 13.1 Å². The summed E-state index contributed by atoms with van der Waals surface area (Å²) in [6, 6.07) is 0. The van der Waals surface area contributed by atoms with Gasteiger partial charge in [0.2, 0.25) is 0 Å². The number of nitrogens with zero attached hydrogens (tertiary/aromatic N) is 2. The molecule has 0 aliphatic heterocycles. The predicted molar refractivity (Wildman–Crippen MR) is 90.4 cm³/mol. The zero-order valence-corrected chi connectivity index (χ0v) is 15.1. The molecule has 0 spiro atoms. The van der Waals surface area contributed by atoms with Crippen molar-refractivity contribution in [3.8, 4) is 0 Å². The van der Waals surface area contributed by atoms with Crippen LogP contribution in [0.2, 0.25) is 0 Å². The lowest BCUT2D eigenvalue weighted by Gasteiger charge is -2.21. The van der Waals surface area contributed by atoms with E-state index >= 15 is 0 Å². The Labute approximate surface area is 140 Å². The normalized spacial score (nSPS) is 11.0. The molecule has 23 heavy (non-hydrogen) atoms. The molecule has 0 heterocycles. The van der Waals surface area contributed by atoms with Crippen molar-refractivity contribution in [1.29, 1.82) is 0 Å². The smallest absolute Gasteiger partial charge is 0.306 e. The lowest BCUT2D eigenvalue weighted by molar-refractivity contribution is -0.141. The van der Waals surface area contributed by atoms with Crippen LogP contribution >= 0.6 is 0 Å². The molecule has 0 saturated heterocycles. The number of esters is 2. The Balaban J connectivity index is 3.90. The van der Waals surface area contributed by atoms with Crippen molar-refractivity contribution >= 4 is 11.9 Å². The summed E-state index contributed by atoms with van der Waals surface area (Å²) in [6.45, 7) is 5.06. The monoisotopic (exact) mass is 331 g/mol. The number of carbonyl (C=O) groups is 2. The fourth-order valence-corrected chi connectivity index (χ4v) is 2.11. The van der Waals surface area contributed by atoms with Crippen molar-refractivity contribution in [3.05, 3.63) is 0 Å². The first-order valence-electron chi connectivity index (χ1n) is 8.21. The summed E-state index contributed by atoms with van der Waals surface area (Å²) in [7, 11) is 6.92. The molecule has 0 aromatic carbocycles. The maximum absolute atomic E-state index is 11.3. The van der Waals surface area contributed by atoms with Crippen LogP contribution in [-0.2, 0) is 19.1 Å². The highest BCUT2D eigenvalue weighted by atomic mass is 16.5. The summed E-state index contributed by atoms with van der Waals surface area (Å²) >= 11 is 0. The predicted octanol–water partition coefficient (Wildman–Crippen LogP) is 0.346. The molecule has 0 radical (unpaired) electrons. The molecule has 1 N–H and O–H groups in total. The Hall–Kier alpha value is -1.18. The average Bonchev–Trinajstić information content (AvgIpc) is 2.54. The van der Waals surface area contributed by atoms with Crippen molar-refractivity contribution < 1.29 is 19.1 Å². The van der Waals surface area contributed by atoms with E-state index in [0.29, 0.717) is 25.9 Å². The average molecular weight is 331 g/mol. The van der Waals surface area contributed by atoms with E-state index in [-0.39, 0.29) is 11.9 Å². The Morgan fingerprint density at radius 3 is 1.74 bits per heavy atom. The fraction of sp³-hybridized carbons (Fsp3) is 0.875. The molecule has 0 aliphatic rings. The SMILES string of the molecule is COC(=O)CCN(CCCNCCCN(C)C)CCC(=O)OC. The fourth-order valence-electron chi connectivity index (χ4n) is 2.11. The lowest BCUT2D eigenvalue weighted by atomic mass is 10.3. The van der Waals surface area contributed by atoms with E-state index in [0.717, 1.165) is 39.0 Å². The number of methoxy groups -OCH3 is 2. The first-order valence-corrected chi connectivity index (χ1v) is 8.21. The van der Waals surface area contributed by atoms with Gasteiger partial charge in [-0.15, -0.1) is 0 Å². The molecule has 0 aliphatic carbocycles. The zero-order chi connectivity index (χ0) is 17.5. The Bertz CT molecular complexity index is 304. The third-order valence-corrected chi connectivity index (χ3v) is 3.51. The van der Waals surface area contributed by atoms with E-state index in [1.54, 1.807) is 0 Å². The minimum Gasteiger partial charge on any atom is -0.469 e. The van der Waals surface area contributed by atoms with E-state index in [2.05, 4.69) is 38.7 Å². The number of nitrogens with one attached hydrogen (secondary N) is 1. The molecule has 0 atom stereocenters. The second-order valence-electron chi connectivity index (χ2n) is 5.75. The van der Waals surface area contributed by atoms with Gasteiger partial charge in [-0.05, 0) is 53.1 Å². The molecule has 0 fully saturated rings. The third-order valence-electron chi connectivity index (χ3n) is 3.51. The first kappa shape index (κ1) is 21.8. The Kier molecular flexibility index (Phi) is 13.7. The van der Waals surface area contributed by atoms with Crippen molar-refractivity contribution in [2.45, 2.75) is 25.7 Å². The largest absolute Gasteiger partial charge is 0.469 e. The van der Waals surface area contributed by atoms with Gasteiger partial charge in [0.25, 0.3) is 0 Å². The molecule has 0 bridgehead atoms. The molecular formula is C16H33N3O4. The summed E-state index contributed by atoms with van der Waals surface area (Å²) < 4.78 is 9.33. The van der Waals surface area contributed by atoms with Gasteiger partial charge in [-0.1, -0.05) is 0 Å². The second kappa shape index (κ2) is 14.4. The standard InChI is InChI=1S/C16H33N3O4/c1-18(2)11-5-9-17-10-6-12-19(13-7-15(20)22-3)14-8-16(21)23-4/h17H,5-14H2,1-4H3. The van der Waals surface area contributed by atoms with Gasteiger partial charge in [-0.3, -0.25) is 9.59 Å². The summed E-state index contributed by atoms with van der Waals surface area (Å²) in [5, 5.41) is 3.41. The lowest BCUT2D eigenvalue weighted by Crippen LogP contribution is -2.32. The van der Waals surface area contributed by atoms with Gasteiger partial charge in [0.15, 0.2) is 0 Å². The highest BCUT2D eigenvalue weighted by molar-refractivity contribution is 5.70. The molecule has 7 nitrogen and oxygen atoms in total. The molecule has 0 amide bonds. The van der Waals surface area contributed by atoms with Crippen LogP contribution < -0.4 is 5.32 Å². The van der Waals surface area contributed by atoms with Crippen molar-refractivity contribution in [3.63, 3.8) is 0 Å². The van der Waals surface area contributed by atoms with E-state index < -0.39 is 0 Å². The number of ether oxygens (including phenoxy) is 2. The highest BCUT2D eigenvalue weighted by Gasteiger charge is 2.10. The molecular weight excluding hydrogens is 298 g/mol. The number of hydrogen-bond acceptors (Lipinski definition) is 7. The quantitative estimate of drug-likeness (QED) is 0.364. The summed E-state index contributed by atoms with van der Waals surface area (Å²) in [4.78, 5) is 26.8. The second-order valence-corrected chi connectivity index (χ2v) is 5.75. The van der Waals surface area contributed by atoms with Gasteiger partial charge < -0.3 is 24.6 Å². The van der Waals surface area contributed by atoms with Gasteiger partial charge in [0.1, 0.15) is 0 Å². The van der Waals surface area contributed by atoms with Crippen LogP contribution in [0.4, 0.5) is 0 Å². The minimum absolute atomic E-state index is 0.227. The van der Waals surface area contributed by atoms with E-state index in [1.165, 1.54) is 14.2 Å². The number of carbonyl (C=O) groups excluding carboxylic acids is 2. The third kappa shape index (κ3) is 14.2. The minimum atomic E-state index is -0.227. The highest BCUT2D eigenvalue weighted by Crippen LogP contribution is 1.99. The van der Waals surface area contributed by atoms with Gasteiger partial charge in [-0.25, -0.2) is 0 Å². The molecule has 0 rings (SSSR count). The van der Waals surface area contributed by atoms with E-state index in [4.69, 9.17) is 0 Å². The van der Waals surface area contributed by atoms with Gasteiger partial charge in [-0.2, -0.15) is 0 Å². The summed E-state index contributed by atoms with van der Waals surface area (Å²) in [5.74, 6) is -0.454. The Morgan fingerprint density at radius 1 is 0.826 bits per heavy atom. The molecule has 0 aromatic heterocycles. The zero-order valence-electron chi connectivity index (χ0n) is 15.1. The van der Waals surface area contributed by atoms with Crippen LogP contribution in [0.5, 0.6) is 0 Å². The molecule has 0 saturated carbocycles. The summed E-state index contributed by atoms with van der Waals surface area (Å²) in [6.07, 6.45) is 2.79. The maximum Gasteiger partial charge on any atom is 0.306 e. The van der Waals surface area contributed by atoms with E-state index in [9.17, 15) is 9.59 Å². The van der Waals surface area contributed by atoms with Crippen molar-refractivity contribution in [2.75, 3.05) is 67.6 Å². The van der Waals surface area contributed by atoms with Crippen molar-refractivity contribution in [1.82, 2.24) is 15.1 Å². The molecule has 0 aromatic rings. The van der Waals surface area contributed by atoms with Gasteiger partial charge in [0.05, 0.1) is 27.1 Å². The topological polar surface area (TPSA) is 71.1 Å². The Morgan fingerprint density at radius 2 is 1.30 bits per heavy atom. The first-order chi connectivity index (χ1) is 11.0. The number of rotatable bonds is 14. The van der Waals surface area contributed by atoms with Crippen molar-refractivity contribution in [2.24, 2.45) is 0 Å². The molecule has 136 valence electrons. The van der Waals surface area contributed by atoms with Crippen LogP contribution in [-0.4, -0.2) is 89.3 Å². The van der Waals surface area contributed by atoms with Crippen LogP contribution in [0, 0.1) is 0 Å². The van der Waals surface area contributed by atoms with Crippen LogP contribution in [0.25, 0.3) is 0 Å². The van der Waals surface area contributed by atoms with Crippen LogP contribution in [0.1, 0.15) is 25.7 Å². The van der Waals surface area contributed by atoms with E-state index in [1.807, 2.05) is 0 Å². The van der Waals surface area contributed by atoms with Crippen LogP contribution in [0.3, 0.4) is 0 Å². The molecule has 0 unspecified atom stereocenters. The molecule has 7 heteroatoms. The summed E-state index contributed by atoms with van der Waals surface area (Å²) in [5.41, 5.74) is 0. The van der Waals surface area contributed by atoms with Gasteiger partial charge >= 0.3 is 11.9 Å². The van der Waals surface area contributed by atoms with Crippen LogP contribution in [0.15, 0.2) is 0 Å². The maximum atomic E-state index is 11.3.